The van der Waals surface area contributed by atoms with Gasteiger partial charge >= 0.3 is 0 Å². The van der Waals surface area contributed by atoms with Crippen LogP contribution in [0.2, 0.25) is 0 Å². The molecule has 0 heterocycles. The Labute approximate surface area is 114 Å². The first-order valence-electron chi connectivity index (χ1n) is 6.16. The Kier molecular flexibility index (Phi) is 3.99. The summed E-state index contributed by atoms with van der Waals surface area (Å²) in [5.41, 5.74) is 1.06. The lowest BCUT2D eigenvalue weighted by Gasteiger charge is -2.14. The highest BCUT2D eigenvalue weighted by Crippen LogP contribution is 2.25. The van der Waals surface area contributed by atoms with Gasteiger partial charge in [0, 0.05) is 11.4 Å². The zero-order valence-electron chi connectivity index (χ0n) is 10.6. The molecule has 1 saturated carbocycles. The van der Waals surface area contributed by atoms with E-state index in [9.17, 15) is 8.42 Å². The molecule has 1 aliphatic carbocycles. The van der Waals surface area contributed by atoms with Crippen molar-refractivity contribution >= 4 is 21.6 Å². The first kappa shape index (κ1) is 13.8. The summed E-state index contributed by atoms with van der Waals surface area (Å²) in [5, 5.41) is 0.0250. The van der Waals surface area contributed by atoms with Gasteiger partial charge in [-0.05, 0) is 43.4 Å². The van der Waals surface area contributed by atoms with Gasteiger partial charge in [0.25, 0.3) is 0 Å². The first-order valence-corrected chi connectivity index (χ1v) is 8.08. The predicted octanol–water partition coefficient (Wildman–Crippen LogP) is 2.86. The van der Waals surface area contributed by atoms with E-state index in [1.807, 2.05) is 26.0 Å². The minimum absolute atomic E-state index is 0.0250. The van der Waals surface area contributed by atoms with E-state index >= 15 is 0 Å². The summed E-state index contributed by atoms with van der Waals surface area (Å²) in [4.78, 5) is 0.326. The van der Waals surface area contributed by atoms with Crippen molar-refractivity contribution in [2.45, 2.75) is 48.9 Å². The highest BCUT2D eigenvalue weighted by atomic mass is 35.5. The Morgan fingerprint density at radius 1 is 1.22 bits per heavy atom. The molecule has 1 fully saturated rings. The van der Waals surface area contributed by atoms with Crippen LogP contribution in [0.5, 0.6) is 0 Å². The van der Waals surface area contributed by atoms with Gasteiger partial charge in [-0.2, -0.15) is 0 Å². The number of nitrogens with one attached hydrogen (secondary N) is 1. The minimum Gasteiger partial charge on any atom is -0.208 e. The number of alkyl halides is 1. The molecule has 2 unspecified atom stereocenters. The fraction of sp³-hybridized carbons (Fsp3) is 0.538. The molecule has 0 saturated heterocycles. The van der Waals surface area contributed by atoms with Crippen LogP contribution in [0, 0.1) is 0 Å². The molecule has 0 bridgehead atoms. The maximum absolute atomic E-state index is 12.0. The molecule has 0 radical (unpaired) electrons. The van der Waals surface area contributed by atoms with Crippen LogP contribution < -0.4 is 4.72 Å². The minimum atomic E-state index is -3.34. The van der Waals surface area contributed by atoms with Gasteiger partial charge in [-0.1, -0.05) is 19.1 Å². The third-order valence-corrected chi connectivity index (χ3v) is 5.22. The molecule has 1 aromatic carbocycles. The summed E-state index contributed by atoms with van der Waals surface area (Å²) in [6.45, 7) is 3.97. The summed E-state index contributed by atoms with van der Waals surface area (Å²) in [5.74, 6) is 0.208. The maximum atomic E-state index is 12.0. The van der Waals surface area contributed by atoms with E-state index in [1.54, 1.807) is 12.1 Å². The van der Waals surface area contributed by atoms with E-state index in [-0.39, 0.29) is 17.3 Å². The molecule has 0 aromatic heterocycles. The second kappa shape index (κ2) is 5.19. The van der Waals surface area contributed by atoms with Gasteiger partial charge in [-0.15, -0.1) is 11.6 Å². The van der Waals surface area contributed by atoms with Crippen molar-refractivity contribution in [3.63, 3.8) is 0 Å². The quantitative estimate of drug-likeness (QED) is 0.847. The lowest BCUT2D eigenvalue weighted by Crippen LogP contribution is -2.25. The Bertz CT molecular complexity index is 506. The lowest BCUT2D eigenvalue weighted by atomic mass is 9.99. The topological polar surface area (TPSA) is 46.2 Å². The van der Waals surface area contributed by atoms with E-state index in [2.05, 4.69) is 4.72 Å². The van der Waals surface area contributed by atoms with Gasteiger partial charge in [-0.3, -0.25) is 0 Å². The van der Waals surface area contributed by atoms with Crippen LogP contribution in [0.4, 0.5) is 0 Å². The molecule has 0 aliphatic heterocycles. The molecular weight excluding hydrogens is 270 g/mol. The molecular formula is C13H18ClNO2S. The summed E-state index contributed by atoms with van der Waals surface area (Å²) in [6.07, 6.45) is 1.89. The normalized spacial score (nSPS) is 19.5. The third-order valence-electron chi connectivity index (χ3n) is 3.30. The van der Waals surface area contributed by atoms with Gasteiger partial charge in [0.15, 0.2) is 0 Å². The summed E-state index contributed by atoms with van der Waals surface area (Å²) >= 11 is 6.04. The van der Waals surface area contributed by atoms with Gasteiger partial charge < -0.3 is 0 Å². The smallest absolute Gasteiger partial charge is 0.208 e. The number of hydrogen-bond acceptors (Lipinski definition) is 2. The molecule has 3 nitrogen and oxygen atoms in total. The van der Waals surface area contributed by atoms with E-state index in [0.29, 0.717) is 4.90 Å². The van der Waals surface area contributed by atoms with Crippen LogP contribution in [0.3, 0.4) is 0 Å². The number of sulfonamides is 1. The molecule has 5 heteroatoms. The van der Waals surface area contributed by atoms with Crippen molar-refractivity contribution in [2.75, 3.05) is 0 Å². The zero-order chi connectivity index (χ0) is 13.3. The molecule has 100 valence electrons. The lowest BCUT2D eigenvalue weighted by molar-refractivity contribution is 0.581. The van der Waals surface area contributed by atoms with Gasteiger partial charge in [-0.25, -0.2) is 13.1 Å². The molecule has 2 rings (SSSR count). The maximum Gasteiger partial charge on any atom is 0.240 e. The number of rotatable bonds is 5. The van der Waals surface area contributed by atoms with Crippen molar-refractivity contribution in [3.05, 3.63) is 29.8 Å². The first-order chi connectivity index (χ1) is 8.40. The van der Waals surface area contributed by atoms with E-state index < -0.39 is 10.0 Å². The molecule has 1 aromatic rings. The van der Waals surface area contributed by atoms with E-state index in [1.165, 1.54) is 0 Å². The molecule has 0 amide bonds. The van der Waals surface area contributed by atoms with Gasteiger partial charge in [0.1, 0.15) is 0 Å². The highest BCUT2D eigenvalue weighted by Gasteiger charge is 2.27. The van der Waals surface area contributed by atoms with E-state index in [4.69, 9.17) is 11.6 Å². The number of benzene rings is 1. The second-order valence-corrected chi connectivity index (χ2v) is 7.33. The Morgan fingerprint density at radius 2 is 1.78 bits per heavy atom. The average Bonchev–Trinajstić information content (AvgIpc) is 3.11. The second-order valence-electron chi connectivity index (χ2n) is 4.93. The van der Waals surface area contributed by atoms with Crippen LogP contribution >= 0.6 is 11.6 Å². The van der Waals surface area contributed by atoms with Crippen molar-refractivity contribution in [2.24, 2.45) is 0 Å². The molecule has 18 heavy (non-hydrogen) atoms. The molecule has 1 N–H and O–H groups in total. The van der Waals surface area contributed by atoms with Crippen molar-refractivity contribution in [3.8, 4) is 0 Å². The fourth-order valence-electron chi connectivity index (χ4n) is 1.70. The Hall–Kier alpha value is -0.580. The third kappa shape index (κ3) is 3.25. The van der Waals surface area contributed by atoms with Gasteiger partial charge in [0.2, 0.25) is 10.0 Å². The Morgan fingerprint density at radius 3 is 2.22 bits per heavy atom. The monoisotopic (exact) mass is 287 g/mol. The summed E-state index contributed by atoms with van der Waals surface area (Å²) < 4.78 is 26.6. The van der Waals surface area contributed by atoms with Crippen molar-refractivity contribution < 1.29 is 8.42 Å². The van der Waals surface area contributed by atoms with Gasteiger partial charge in [0.05, 0.1) is 4.90 Å². The standard InChI is InChI=1S/C13H18ClNO2S/c1-9(10(2)14)11-3-7-13(8-4-11)18(16,17)15-12-5-6-12/h3-4,7-10,12,15H,5-6H2,1-2H3. The molecule has 2 atom stereocenters. The largest absolute Gasteiger partial charge is 0.240 e. The summed E-state index contributed by atoms with van der Waals surface area (Å²) in [6, 6.07) is 7.11. The predicted molar refractivity (Wildman–Crippen MR) is 73.5 cm³/mol. The number of halogens is 1. The van der Waals surface area contributed by atoms with Crippen LogP contribution in [0.1, 0.15) is 38.2 Å². The van der Waals surface area contributed by atoms with Crippen LogP contribution in [0.25, 0.3) is 0 Å². The Balaban J connectivity index is 2.16. The molecule has 0 spiro atoms. The average molecular weight is 288 g/mol. The zero-order valence-corrected chi connectivity index (χ0v) is 12.1. The number of hydrogen-bond donors (Lipinski definition) is 1. The SMILES string of the molecule is CC(Cl)C(C)c1ccc(S(=O)(=O)NC2CC2)cc1. The van der Waals surface area contributed by atoms with Crippen molar-refractivity contribution in [1.29, 1.82) is 0 Å². The van der Waals surface area contributed by atoms with E-state index in [0.717, 1.165) is 18.4 Å². The highest BCUT2D eigenvalue weighted by molar-refractivity contribution is 7.89. The summed E-state index contributed by atoms with van der Waals surface area (Å²) in [7, 11) is -3.34. The van der Waals surface area contributed by atoms with Crippen LogP contribution in [0.15, 0.2) is 29.2 Å². The van der Waals surface area contributed by atoms with Crippen LogP contribution in [-0.2, 0) is 10.0 Å². The molecule has 1 aliphatic rings. The van der Waals surface area contributed by atoms with Crippen molar-refractivity contribution in [1.82, 2.24) is 4.72 Å². The van der Waals surface area contributed by atoms with Crippen LogP contribution in [-0.4, -0.2) is 19.8 Å². The fourth-order valence-corrected chi connectivity index (χ4v) is 3.15.